The lowest BCUT2D eigenvalue weighted by molar-refractivity contribution is -0.192. The lowest BCUT2D eigenvalue weighted by Crippen LogP contribution is -2.24. The zero-order valence-electron chi connectivity index (χ0n) is 8.72. The van der Waals surface area contributed by atoms with Gasteiger partial charge in [0.05, 0.1) is 0 Å². The van der Waals surface area contributed by atoms with Crippen LogP contribution in [0.4, 0.5) is 13.2 Å². The number of carbonyl (C=O) groups is 1. The quantitative estimate of drug-likeness (QED) is 0.611. The number of allylic oxidation sites excluding steroid dienone is 1. The highest BCUT2D eigenvalue weighted by atomic mass is 79.9. The van der Waals surface area contributed by atoms with Crippen molar-refractivity contribution < 1.29 is 22.7 Å². The summed E-state index contributed by atoms with van der Waals surface area (Å²) in [5.41, 5.74) is 0.397. The fourth-order valence-corrected chi connectivity index (χ4v) is 1.32. The SMILES string of the molecule is CC=C(OC(=O)C(F)(F)F)c1ccc(Br)cc1. The number of hydrogen-bond donors (Lipinski definition) is 0. The van der Waals surface area contributed by atoms with Crippen molar-refractivity contribution in [3.05, 3.63) is 40.4 Å². The van der Waals surface area contributed by atoms with E-state index in [1.54, 1.807) is 24.3 Å². The van der Waals surface area contributed by atoms with Gasteiger partial charge in [-0.1, -0.05) is 28.1 Å². The second kappa shape index (κ2) is 5.35. The molecule has 0 unspecified atom stereocenters. The van der Waals surface area contributed by atoms with Crippen LogP contribution in [0.5, 0.6) is 0 Å². The summed E-state index contributed by atoms with van der Waals surface area (Å²) in [6, 6.07) is 6.37. The van der Waals surface area contributed by atoms with Crippen LogP contribution in [0, 0.1) is 0 Å². The molecule has 1 aromatic carbocycles. The Morgan fingerprint density at radius 2 is 1.82 bits per heavy atom. The van der Waals surface area contributed by atoms with Crippen molar-refractivity contribution >= 4 is 27.7 Å². The van der Waals surface area contributed by atoms with Crippen molar-refractivity contribution in [2.45, 2.75) is 13.1 Å². The second-order valence-corrected chi connectivity index (χ2v) is 3.96. The first kappa shape index (κ1) is 13.8. The first-order valence-electron chi connectivity index (χ1n) is 4.56. The largest absolute Gasteiger partial charge is 0.491 e. The van der Waals surface area contributed by atoms with Crippen LogP contribution in [0.2, 0.25) is 0 Å². The minimum absolute atomic E-state index is 0.125. The lowest BCUT2D eigenvalue weighted by Gasteiger charge is -2.10. The zero-order chi connectivity index (χ0) is 13.1. The average molecular weight is 309 g/mol. The van der Waals surface area contributed by atoms with Gasteiger partial charge in [-0.2, -0.15) is 13.2 Å². The van der Waals surface area contributed by atoms with Crippen LogP contribution in [-0.2, 0) is 9.53 Å². The summed E-state index contributed by atoms with van der Waals surface area (Å²) in [7, 11) is 0. The molecule has 17 heavy (non-hydrogen) atoms. The molecular formula is C11H8BrF3O2. The van der Waals surface area contributed by atoms with E-state index in [2.05, 4.69) is 20.7 Å². The van der Waals surface area contributed by atoms with E-state index in [0.29, 0.717) is 5.56 Å². The highest BCUT2D eigenvalue weighted by Gasteiger charge is 2.41. The van der Waals surface area contributed by atoms with Crippen LogP contribution in [0.25, 0.3) is 5.76 Å². The number of hydrogen-bond acceptors (Lipinski definition) is 2. The average Bonchev–Trinajstić information content (AvgIpc) is 2.25. The predicted molar refractivity (Wildman–Crippen MR) is 59.9 cm³/mol. The summed E-state index contributed by atoms with van der Waals surface area (Å²) in [6.45, 7) is 1.49. The molecule has 1 aromatic rings. The Bertz CT molecular complexity index is 435. The summed E-state index contributed by atoms with van der Waals surface area (Å²) in [5, 5.41) is 0. The van der Waals surface area contributed by atoms with E-state index in [-0.39, 0.29) is 5.76 Å². The molecule has 0 aliphatic heterocycles. The van der Waals surface area contributed by atoms with E-state index in [1.165, 1.54) is 13.0 Å². The topological polar surface area (TPSA) is 26.3 Å². The summed E-state index contributed by atoms with van der Waals surface area (Å²) in [4.78, 5) is 10.7. The molecule has 92 valence electrons. The molecule has 0 saturated heterocycles. The Morgan fingerprint density at radius 3 is 2.24 bits per heavy atom. The first-order valence-corrected chi connectivity index (χ1v) is 5.35. The molecule has 0 bridgehead atoms. The normalized spacial score (nSPS) is 12.4. The van der Waals surface area contributed by atoms with Gasteiger partial charge < -0.3 is 4.74 Å². The summed E-state index contributed by atoms with van der Waals surface area (Å²) < 4.78 is 41.1. The molecule has 0 aliphatic carbocycles. The highest BCUT2D eigenvalue weighted by Crippen LogP contribution is 2.24. The molecule has 6 heteroatoms. The third kappa shape index (κ3) is 3.89. The van der Waals surface area contributed by atoms with Crippen molar-refractivity contribution in [2.24, 2.45) is 0 Å². The van der Waals surface area contributed by atoms with Gasteiger partial charge in [0, 0.05) is 10.0 Å². The van der Waals surface area contributed by atoms with Crippen molar-refractivity contribution in [1.82, 2.24) is 0 Å². The number of alkyl halides is 3. The van der Waals surface area contributed by atoms with E-state index in [4.69, 9.17) is 0 Å². The standard InChI is InChI=1S/C11H8BrF3O2/c1-2-9(17-10(16)11(13,14)15)7-3-5-8(12)6-4-7/h2-6H,1H3. The Kier molecular flexibility index (Phi) is 4.34. The van der Waals surface area contributed by atoms with Crippen LogP contribution in [0.3, 0.4) is 0 Å². The van der Waals surface area contributed by atoms with Crippen molar-refractivity contribution in [2.75, 3.05) is 0 Å². The third-order valence-electron chi connectivity index (χ3n) is 1.83. The molecule has 0 fully saturated rings. The van der Waals surface area contributed by atoms with Crippen molar-refractivity contribution in [3.8, 4) is 0 Å². The Labute approximate surface area is 104 Å². The van der Waals surface area contributed by atoms with Gasteiger partial charge in [-0.25, -0.2) is 4.79 Å². The van der Waals surface area contributed by atoms with Gasteiger partial charge in [0.1, 0.15) is 5.76 Å². The molecular weight excluding hydrogens is 301 g/mol. The van der Waals surface area contributed by atoms with Crippen LogP contribution < -0.4 is 0 Å². The number of rotatable bonds is 2. The number of halogens is 4. The summed E-state index contributed by atoms with van der Waals surface area (Å²) >= 11 is 3.19. The van der Waals surface area contributed by atoms with E-state index >= 15 is 0 Å². The second-order valence-electron chi connectivity index (χ2n) is 3.05. The fourth-order valence-electron chi connectivity index (χ4n) is 1.06. The Morgan fingerprint density at radius 1 is 1.29 bits per heavy atom. The van der Waals surface area contributed by atoms with Crippen LogP contribution >= 0.6 is 15.9 Å². The summed E-state index contributed by atoms with van der Waals surface area (Å²) in [5.74, 6) is -2.35. The molecule has 0 N–H and O–H groups in total. The Hall–Kier alpha value is -1.30. The van der Waals surface area contributed by atoms with Gasteiger partial charge in [-0.05, 0) is 25.1 Å². The van der Waals surface area contributed by atoms with E-state index in [1.807, 2.05) is 0 Å². The molecule has 2 nitrogen and oxygen atoms in total. The van der Waals surface area contributed by atoms with Crippen LogP contribution in [0.15, 0.2) is 34.8 Å². The predicted octanol–water partition coefficient (Wildman–Crippen LogP) is 3.92. The molecule has 0 radical (unpaired) electrons. The van der Waals surface area contributed by atoms with Gasteiger partial charge in [-0.15, -0.1) is 0 Å². The van der Waals surface area contributed by atoms with Gasteiger partial charge in [0.2, 0.25) is 0 Å². The number of esters is 1. The van der Waals surface area contributed by atoms with Crippen molar-refractivity contribution in [1.29, 1.82) is 0 Å². The molecule has 0 saturated carbocycles. The minimum atomic E-state index is -5.00. The van der Waals surface area contributed by atoms with Gasteiger partial charge in [0.25, 0.3) is 0 Å². The fraction of sp³-hybridized carbons (Fsp3) is 0.182. The first-order chi connectivity index (χ1) is 7.84. The number of ether oxygens (including phenoxy) is 1. The third-order valence-corrected chi connectivity index (χ3v) is 2.35. The molecule has 0 heterocycles. The van der Waals surface area contributed by atoms with Gasteiger partial charge in [0.15, 0.2) is 0 Å². The lowest BCUT2D eigenvalue weighted by atomic mass is 10.2. The van der Waals surface area contributed by atoms with Crippen LogP contribution in [-0.4, -0.2) is 12.1 Å². The zero-order valence-corrected chi connectivity index (χ0v) is 10.3. The molecule has 0 atom stereocenters. The van der Waals surface area contributed by atoms with Gasteiger partial charge in [-0.3, -0.25) is 0 Å². The van der Waals surface area contributed by atoms with E-state index in [9.17, 15) is 18.0 Å². The van der Waals surface area contributed by atoms with E-state index < -0.39 is 12.1 Å². The van der Waals surface area contributed by atoms with Gasteiger partial charge >= 0.3 is 12.1 Å². The van der Waals surface area contributed by atoms with E-state index in [0.717, 1.165) is 4.47 Å². The number of carbonyl (C=O) groups excluding carboxylic acids is 1. The maximum absolute atomic E-state index is 12.0. The molecule has 0 aliphatic rings. The molecule has 1 rings (SSSR count). The molecule has 0 aromatic heterocycles. The molecule has 0 spiro atoms. The number of benzene rings is 1. The minimum Gasteiger partial charge on any atom is -0.420 e. The van der Waals surface area contributed by atoms with Crippen molar-refractivity contribution in [3.63, 3.8) is 0 Å². The Balaban J connectivity index is 2.88. The maximum Gasteiger partial charge on any atom is 0.491 e. The molecule has 0 amide bonds. The van der Waals surface area contributed by atoms with Crippen LogP contribution in [0.1, 0.15) is 12.5 Å². The monoisotopic (exact) mass is 308 g/mol. The summed E-state index contributed by atoms with van der Waals surface area (Å²) in [6.07, 6.45) is -3.70. The highest BCUT2D eigenvalue weighted by molar-refractivity contribution is 9.10. The smallest absolute Gasteiger partial charge is 0.420 e. The maximum atomic E-state index is 12.0.